The van der Waals surface area contributed by atoms with Gasteiger partial charge in [-0.05, 0) is 0 Å². The van der Waals surface area contributed by atoms with E-state index in [-0.39, 0.29) is 13.0 Å². The summed E-state index contributed by atoms with van der Waals surface area (Å²) in [7, 11) is 0. The summed E-state index contributed by atoms with van der Waals surface area (Å²) in [5, 5.41) is 8.81. The number of aromatic nitrogens is 2. The Morgan fingerprint density at radius 1 is 1.69 bits per heavy atom. The minimum Gasteiger partial charge on any atom is -0.394 e. The van der Waals surface area contributed by atoms with Crippen LogP contribution in [0.2, 0.25) is 0 Å². The molecule has 0 amide bonds. The molecule has 5 nitrogen and oxygen atoms in total. The first-order valence-corrected chi connectivity index (χ1v) is 4.77. The van der Waals surface area contributed by atoms with Gasteiger partial charge >= 0.3 is 5.69 Å². The Kier molecular flexibility index (Phi) is 2.97. The normalized spacial score (nSPS) is 29.6. The molecule has 0 radical (unpaired) electrons. The second kappa shape index (κ2) is 4.26. The van der Waals surface area contributed by atoms with E-state index < -0.39 is 30.1 Å². The van der Waals surface area contributed by atoms with Crippen molar-refractivity contribution < 1.29 is 18.6 Å². The number of ether oxygens (including phenoxy) is 1. The van der Waals surface area contributed by atoms with Crippen LogP contribution < -0.4 is 5.69 Å². The van der Waals surface area contributed by atoms with Crippen molar-refractivity contribution in [1.29, 1.82) is 0 Å². The molecular weight excluding hydrogens is 222 g/mol. The van der Waals surface area contributed by atoms with Crippen molar-refractivity contribution in [1.82, 2.24) is 9.55 Å². The average molecular weight is 232 g/mol. The fourth-order valence-corrected chi connectivity index (χ4v) is 1.65. The molecule has 1 aromatic rings. The summed E-state index contributed by atoms with van der Waals surface area (Å²) >= 11 is 0. The van der Waals surface area contributed by atoms with Gasteiger partial charge in [0.1, 0.15) is 6.17 Å². The van der Waals surface area contributed by atoms with E-state index in [1.807, 2.05) is 0 Å². The van der Waals surface area contributed by atoms with E-state index >= 15 is 0 Å². The number of aliphatic hydroxyl groups is 1. The van der Waals surface area contributed by atoms with E-state index in [0.29, 0.717) is 0 Å². The highest BCUT2D eigenvalue weighted by molar-refractivity contribution is 4.89. The molecule has 7 heteroatoms. The van der Waals surface area contributed by atoms with Crippen LogP contribution in [0.1, 0.15) is 12.6 Å². The fraction of sp³-hybridized carbons (Fsp3) is 0.556. The Labute approximate surface area is 89.3 Å². The standard InChI is InChI=1S/C9H10F2N2O3/c10-6-3-5(4-14)16-8(6)13-2-1-7(11)12-9(13)15/h1-2,5-6,8,14H,3-4H2/t5-,6+,8+/m0/s1. The Morgan fingerprint density at radius 2 is 2.44 bits per heavy atom. The van der Waals surface area contributed by atoms with Crippen LogP contribution in [0.25, 0.3) is 0 Å². The number of hydrogen-bond donors (Lipinski definition) is 1. The summed E-state index contributed by atoms with van der Waals surface area (Å²) in [5.41, 5.74) is -0.911. The lowest BCUT2D eigenvalue weighted by Crippen LogP contribution is -2.30. The molecule has 1 saturated heterocycles. The van der Waals surface area contributed by atoms with Gasteiger partial charge in [-0.25, -0.2) is 9.18 Å². The van der Waals surface area contributed by atoms with Crippen LogP contribution in [0.15, 0.2) is 17.1 Å². The molecule has 1 aliphatic rings. The number of rotatable bonds is 2. The quantitative estimate of drug-likeness (QED) is 0.729. The van der Waals surface area contributed by atoms with Crippen molar-refractivity contribution >= 4 is 0 Å². The van der Waals surface area contributed by atoms with Crippen molar-refractivity contribution in [2.45, 2.75) is 24.9 Å². The maximum absolute atomic E-state index is 13.5. The molecule has 1 aromatic heterocycles. The van der Waals surface area contributed by atoms with Gasteiger partial charge in [0.25, 0.3) is 0 Å². The molecule has 3 atom stereocenters. The number of aliphatic hydroxyl groups excluding tert-OH is 1. The van der Waals surface area contributed by atoms with Crippen LogP contribution in [0.5, 0.6) is 0 Å². The molecule has 0 aromatic carbocycles. The number of nitrogens with zero attached hydrogens (tertiary/aromatic N) is 2. The molecule has 16 heavy (non-hydrogen) atoms. The summed E-state index contributed by atoms with van der Waals surface area (Å²) in [6.45, 7) is -0.319. The predicted molar refractivity (Wildman–Crippen MR) is 49.0 cm³/mol. The highest BCUT2D eigenvalue weighted by Gasteiger charge is 2.36. The second-order valence-electron chi connectivity index (χ2n) is 3.52. The minimum atomic E-state index is -1.41. The van der Waals surface area contributed by atoms with Gasteiger partial charge < -0.3 is 9.84 Å². The largest absolute Gasteiger partial charge is 0.394 e. The molecule has 1 N–H and O–H groups in total. The lowest BCUT2D eigenvalue weighted by atomic mass is 10.2. The Morgan fingerprint density at radius 3 is 3.00 bits per heavy atom. The van der Waals surface area contributed by atoms with E-state index in [2.05, 4.69) is 4.98 Å². The lowest BCUT2D eigenvalue weighted by molar-refractivity contribution is -0.0395. The lowest BCUT2D eigenvalue weighted by Gasteiger charge is -2.15. The molecule has 1 aliphatic heterocycles. The van der Waals surface area contributed by atoms with Crippen molar-refractivity contribution in [3.8, 4) is 0 Å². The first-order valence-electron chi connectivity index (χ1n) is 4.77. The zero-order valence-electron chi connectivity index (χ0n) is 8.22. The zero-order chi connectivity index (χ0) is 11.7. The van der Waals surface area contributed by atoms with Crippen molar-refractivity contribution in [3.63, 3.8) is 0 Å². The summed E-state index contributed by atoms with van der Waals surface area (Å²) < 4.78 is 32.0. The molecule has 0 bridgehead atoms. The second-order valence-corrected chi connectivity index (χ2v) is 3.52. The third-order valence-corrected chi connectivity index (χ3v) is 2.40. The minimum absolute atomic E-state index is 0.00494. The number of alkyl halides is 1. The van der Waals surface area contributed by atoms with Crippen LogP contribution >= 0.6 is 0 Å². The van der Waals surface area contributed by atoms with Crippen LogP contribution in [0.3, 0.4) is 0 Å². The SMILES string of the molecule is O=c1nc(F)ccn1[C@@H]1O[C@H](CO)C[C@H]1F. The Hall–Kier alpha value is -1.34. The highest BCUT2D eigenvalue weighted by Crippen LogP contribution is 2.29. The monoisotopic (exact) mass is 232 g/mol. The van der Waals surface area contributed by atoms with Gasteiger partial charge in [0, 0.05) is 18.7 Å². The molecule has 0 unspecified atom stereocenters. The fourth-order valence-electron chi connectivity index (χ4n) is 1.65. The molecule has 0 saturated carbocycles. The zero-order valence-corrected chi connectivity index (χ0v) is 8.22. The molecule has 88 valence electrons. The smallest absolute Gasteiger partial charge is 0.352 e. The molecule has 0 aliphatic carbocycles. The summed E-state index contributed by atoms with van der Waals surface area (Å²) in [6.07, 6.45) is -2.11. The highest BCUT2D eigenvalue weighted by atomic mass is 19.1. The summed E-state index contributed by atoms with van der Waals surface area (Å²) in [5.74, 6) is -0.923. The molecule has 0 spiro atoms. The van der Waals surface area contributed by atoms with Crippen LogP contribution in [0.4, 0.5) is 8.78 Å². The average Bonchev–Trinajstić information content (AvgIpc) is 2.60. The number of hydrogen-bond acceptors (Lipinski definition) is 4. The topological polar surface area (TPSA) is 64.4 Å². The predicted octanol–water partition coefficient (Wildman–Crippen LogP) is 0.000300. The van der Waals surface area contributed by atoms with E-state index in [1.165, 1.54) is 0 Å². The van der Waals surface area contributed by atoms with Gasteiger partial charge in [0.2, 0.25) is 5.95 Å². The van der Waals surface area contributed by atoms with E-state index in [4.69, 9.17) is 9.84 Å². The van der Waals surface area contributed by atoms with E-state index in [0.717, 1.165) is 16.8 Å². The van der Waals surface area contributed by atoms with E-state index in [9.17, 15) is 13.6 Å². The maximum Gasteiger partial charge on any atom is 0.352 e. The van der Waals surface area contributed by atoms with Crippen LogP contribution in [0, 0.1) is 5.95 Å². The first kappa shape index (κ1) is 11.2. The first-order chi connectivity index (χ1) is 7.61. The Bertz CT molecular complexity index is 437. The summed E-state index contributed by atoms with van der Waals surface area (Å²) in [4.78, 5) is 14.3. The van der Waals surface area contributed by atoms with Crippen molar-refractivity contribution in [2.75, 3.05) is 6.61 Å². The molecule has 1 fully saturated rings. The molecule has 2 heterocycles. The van der Waals surface area contributed by atoms with Gasteiger partial charge in [-0.2, -0.15) is 9.37 Å². The maximum atomic E-state index is 13.5. The molecular formula is C9H10F2N2O3. The van der Waals surface area contributed by atoms with Gasteiger partial charge in [-0.15, -0.1) is 0 Å². The third-order valence-electron chi connectivity index (χ3n) is 2.40. The van der Waals surface area contributed by atoms with Crippen molar-refractivity contribution in [3.05, 3.63) is 28.7 Å². The van der Waals surface area contributed by atoms with Crippen LogP contribution in [-0.2, 0) is 4.74 Å². The van der Waals surface area contributed by atoms with Gasteiger partial charge in [-0.3, -0.25) is 4.57 Å². The summed E-state index contributed by atoms with van der Waals surface area (Å²) in [6, 6.07) is 0.948. The van der Waals surface area contributed by atoms with Gasteiger partial charge in [0.15, 0.2) is 6.23 Å². The van der Waals surface area contributed by atoms with Crippen LogP contribution in [-0.4, -0.2) is 33.5 Å². The Balaban J connectivity index is 2.28. The number of halogens is 2. The van der Waals surface area contributed by atoms with E-state index in [1.54, 1.807) is 0 Å². The third kappa shape index (κ3) is 1.96. The van der Waals surface area contributed by atoms with Crippen molar-refractivity contribution in [2.24, 2.45) is 0 Å². The van der Waals surface area contributed by atoms with Gasteiger partial charge in [-0.1, -0.05) is 0 Å². The molecule has 2 rings (SSSR count). The van der Waals surface area contributed by atoms with Gasteiger partial charge in [0.05, 0.1) is 12.7 Å².